The van der Waals surface area contributed by atoms with Crippen LogP contribution in [0.1, 0.15) is 78.5 Å². The van der Waals surface area contributed by atoms with Gasteiger partial charge in [-0.25, -0.2) is 0 Å². The predicted molar refractivity (Wildman–Crippen MR) is 138 cm³/mol. The van der Waals surface area contributed by atoms with Crippen molar-refractivity contribution in [3.63, 3.8) is 0 Å². The zero-order valence-corrected chi connectivity index (χ0v) is 21.4. The average Bonchev–Trinajstić information content (AvgIpc) is 3.51. The number of furan rings is 2. The van der Waals surface area contributed by atoms with Crippen LogP contribution in [0.2, 0.25) is 0 Å². The van der Waals surface area contributed by atoms with Gasteiger partial charge in [-0.1, -0.05) is 13.8 Å². The summed E-state index contributed by atoms with van der Waals surface area (Å²) in [5.41, 5.74) is 6.44. The molecule has 0 saturated carbocycles. The Bertz CT molecular complexity index is 1380. The number of nitrogens with two attached hydrogens (primary N) is 1. The van der Waals surface area contributed by atoms with Crippen molar-refractivity contribution in [2.24, 2.45) is 5.73 Å². The molecule has 2 heterocycles. The Hall–Kier alpha value is -3.52. The quantitative estimate of drug-likeness (QED) is 0.395. The summed E-state index contributed by atoms with van der Waals surface area (Å²) in [5.74, 6) is 3.44. The summed E-state index contributed by atoms with van der Waals surface area (Å²) < 4.78 is 10.8. The molecule has 0 spiro atoms. The summed E-state index contributed by atoms with van der Waals surface area (Å²) in [5, 5.41) is 3.08. The Morgan fingerprint density at radius 1 is 0.686 bits per heavy atom. The third kappa shape index (κ3) is 6.33. The molecular weight excluding hydrogens is 448 g/mol. The van der Waals surface area contributed by atoms with Gasteiger partial charge in [-0.3, -0.25) is 19.2 Å². The molecule has 8 heteroatoms. The molecule has 2 aromatic carbocycles. The van der Waals surface area contributed by atoms with Gasteiger partial charge in [-0.15, -0.1) is 0 Å². The monoisotopic (exact) mass is 482 g/mol. The smallest absolute Gasteiger partial charge is 0.249 e. The van der Waals surface area contributed by atoms with Gasteiger partial charge >= 0.3 is 0 Å². The van der Waals surface area contributed by atoms with Gasteiger partial charge in [0.15, 0.2) is 0 Å². The van der Waals surface area contributed by atoms with Crippen molar-refractivity contribution in [2.75, 3.05) is 5.32 Å². The van der Waals surface area contributed by atoms with E-state index in [-0.39, 0.29) is 22.9 Å². The molecule has 0 saturated heterocycles. The molecule has 0 bridgehead atoms. The van der Waals surface area contributed by atoms with E-state index in [1.807, 2.05) is 52.0 Å². The minimum Gasteiger partial charge on any atom is -0.465 e. The summed E-state index contributed by atoms with van der Waals surface area (Å²) in [6.45, 7) is 12.8. The SMILES string of the molecule is CC[C@@H](N)c1ccc(C)o1.CC[C@@H](Nc1c(C)c(=O)c1=O)c1ccc(C)o1.Cc1c(C)c(=O)c1=O. The van der Waals surface area contributed by atoms with Gasteiger partial charge in [-0.05, 0) is 71.7 Å². The highest BCUT2D eigenvalue weighted by Gasteiger charge is 2.21. The third-order valence-corrected chi connectivity index (χ3v) is 6.00. The van der Waals surface area contributed by atoms with E-state index in [9.17, 15) is 19.2 Å². The summed E-state index contributed by atoms with van der Waals surface area (Å²) >= 11 is 0. The van der Waals surface area contributed by atoms with E-state index in [1.54, 1.807) is 20.8 Å². The molecule has 8 nitrogen and oxygen atoms in total. The zero-order valence-electron chi connectivity index (χ0n) is 21.4. The van der Waals surface area contributed by atoms with E-state index >= 15 is 0 Å². The highest BCUT2D eigenvalue weighted by molar-refractivity contribution is 5.56. The van der Waals surface area contributed by atoms with Crippen LogP contribution in [-0.2, 0) is 0 Å². The zero-order chi connectivity index (χ0) is 26.4. The Labute approximate surface area is 204 Å². The number of hydrogen-bond donors (Lipinski definition) is 2. The van der Waals surface area contributed by atoms with Crippen molar-refractivity contribution < 1.29 is 8.83 Å². The Balaban J connectivity index is 0.000000204. The highest BCUT2D eigenvalue weighted by Crippen LogP contribution is 2.24. The van der Waals surface area contributed by atoms with E-state index in [4.69, 9.17) is 14.6 Å². The first-order valence-corrected chi connectivity index (χ1v) is 11.6. The van der Waals surface area contributed by atoms with E-state index in [2.05, 4.69) is 5.32 Å². The summed E-state index contributed by atoms with van der Waals surface area (Å²) in [7, 11) is 0. The van der Waals surface area contributed by atoms with Crippen LogP contribution in [0.3, 0.4) is 0 Å². The Morgan fingerprint density at radius 2 is 1.14 bits per heavy atom. The van der Waals surface area contributed by atoms with E-state index in [1.165, 1.54) is 0 Å². The van der Waals surface area contributed by atoms with Crippen LogP contribution < -0.4 is 32.8 Å². The Morgan fingerprint density at radius 3 is 1.49 bits per heavy atom. The molecule has 0 radical (unpaired) electrons. The molecule has 0 amide bonds. The van der Waals surface area contributed by atoms with Gasteiger partial charge in [0.2, 0.25) is 21.7 Å². The normalized spacial score (nSPS) is 12.5. The van der Waals surface area contributed by atoms with Crippen molar-refractivity contribution in [3.05, 3.63) is 105 Å². The van der Waals surface area contributed by atoms with Gasteiger partial charge in [0.1, 0.15) is 23.0 Å². The summed E-state index contributed by atoms with van der Waals surface area (Å²) in [6.07, 6.45) is 1.71. The largest absolute Gasteiger partial charge is 0.465 e. The fourth-order valence-electron chi connectivity index (χ4n) is 3.34. The van der Waals surface area contributed by atoms with Gasteiger partial charge < -0.3 is 19.9 Å². The minimum absolute atomic E-state index is 0.0636. The second-order valence-electron chi connectivity index (χ2n) is 8.58. The van der Waals surface area contributed by atoms with Gasteiger partial charge in [0.05, 0.1) is 17.8 Å². The molecule has 2 aromatic heterocycles. The fourth-order valence-corrected chi connectivity index (χ4v) is 3.34. The molecule has 0 aliphatic heterocycles. The number of nitrogens with one attached hydrogen (secondary N) is 1. The first-order valence-electron chi connectivity index (χ1n) is 11.6. The first-order chi connectivity index (χ1) is 16.4. The van der Waals surface area contributed by atoms with Crippen molar-refractivity contribution in [2.45, 2.75) is 73.4 Å². The lowest BCUT2D eigenvalue weighted by Gasteiger charge is -2.18. The molecule has 4 rings (SSSR count). The lowest BCUT2D eigenvalue weighted by Crippen LogP contribution is -2.37. The number of hydrogen-bond acceptors (Lipinski definition) is 8. The van der Waals surface area contributed by atoms with Crippen molar-refractivity contribution in [1.82, 2.24) is 0 Å². The lowest BCUT2D eigenvalue weighted by atomic mass is 10.1. The van der Waals surface area contributed by atoms with Gasteiger partial charge in [-0.2, -0.15) is 0 Å². The number of aryl methyl sites for hydroxylation is 2. The molecule has 2 atom stereocenters. The predicted octanol–water partition coefficient (Wildman–Crippen LogP) is 3.95. The minimum atomic E-state index is -0.427. The van der Waals surface area contributed by atoms with Gasteiger partial charge in [0.25, 0.3) is 0 Å². The number of rotatable bonds is 6. The highest BCUT2D eigenvalue weighted by atomic mass is 16.3. The maximum Gasteiger partial charge on any atom is 0.249 e. The average molecular weight is 483 g/mol. The third-order valence-electron chi connectivity index (χ3n) is 6.00. The molecule has 35 heavy (non-hydrogen) atoms. The molecular formula is C27H34N2O6. The molecule has 0 aliphatic rings. The summed E-state index contributed by atoms with van der Waals surface area (Å²) in [6, 6.07) is 7.64. The molecule has 0 unspecified atom stereocenters. The number of anilines is 1. The molecule has 0 aliphatic carbocycles. The van der Waals surface area contributed by atoms with Crippen molar-refractivity contribution in [1.29, 1.82) is 0 Å². The van der Waals surface area contributed by atoms with E-state index in [0.717, 1.165) is 35.9 Å². The van der Waals surface area contributed by atoms with Gasteiger partial charge in [0, 0.05) is 16.7 Å². The van der Waals surface area contributed by atoms with Crippen LogP contribution in [0, 0.1) is 34.6 Å². The van der Waals surface area contributed by atoms with Crippen molar-refractivity contribution in [3.8, 4) is 0 Å². The maximum atomic E-state index is 11.4. The van der Waals surface area contributed by atoms with E-state index < -0.39 is 10.9 Å². The van der Waals surface area contributed by atoms with E-state index in [0.29, 0.717) is 22.4 Å². The van der Waals surface area contributed by atoms with Crippen LogP contribution in [0.25, 0.3) is 0 Å². The topological polar surface area (TPSA) is 133 Å². The van der Waals surface area contributed by atoms with Crippen LogP contribution in [0.5, 0.6) is 0 Å². The molecule has 3 N–H and O–H groups in total. The second-order valence-corrected chi connectivity index (χ2v) is 8.58. The maximum absolute atomic E-state index is 11.4. The fraction of sp³-hybridized carbons (Fsp3) is 0.407. The first kappa shape index (κ1) is 27.7. The molecule has 0 fully saturated rings. The second kappa shape index (κ2) is 11.8. The van der Waals surface area contributed by atoms with Crippen LogP contribution in [0.4, 0.5) is 5.69 Å². The lowest BCUT2D eigenvalue weighted by molar-refractivity contribution is 0.441. The van der Waals surface area contributed by atoms with Crippen molar-refractivity contribution >= 4 is 5.69 Å². The standard InChI is InChI=1S/C13H15NO3.C8H13NO.C6H6O2/c1-4-9(10-6-5-7(2)17-10)14-11-8(3)12(15)13(11)16;1-3-7(9)8-5-4-6(2)10-8;1-3-4(2)6(8)5(3)7/h5-6,9,14H,4H2,1-3H3;4-5,7H,3,9H2,1-2H3;1-2H3/t9-;7-;/m11./s1. The molecule has 4 aromatic rings. The summed E-state index contributed by atoms with van der Waals surface area (Å²) in [4.78, 5) is 43.2. The molecule has 188 valence electrons. The van der Waals surface area contributed by atoms with Crippen LogP contribution in [0.15, 0.2) is 52.3 Å². The van der Waals surface area contributed by atoms with Crippen LogP contribution in [-0.4, -0.2) is 0 Å². The Kier molecular flexibility index (Phi) is 9.31. The van der Waals surface area contributed by atoms with Crippen LogP contribution >= 0.6 is 0 Å².